The fraction of sp³-hybridized carbons (Fsp3) is 0.200. The van der Waals surface area contributed by atoms with Crippen molar-refractivity contribution in [1.29, 1.82) is 0 Å². The Labute approximate surface area is 87.7 Å². The van der Waals surface area contributed by atoms with Gasteiger partial charge in [-0.05, 0) is 29.3 Å². The van der Waals surface area contributed by atoms with Crippen LogP contribution in [0.25, 0.3) is 5.57 Å². The molecule has 0 saturated heterocycles. The highest BCUT2D eigenvalue weighted by Crippen LogP contribution is 2.35. The summed E-state index contributed by atoms with van der Waals surface area (Å²) in [6.45, 7) is -0.279. The van der Waals surface area contributed by atoms with Crippen molar-refractivity contribution in [3.05, 3.63) is 29.2 Å². The number of methoxy groups -OCH3 is 1. The van der Waals surface area contributed by atoms with Gasteiger partial charge in [0.05, 0.1) is 18.6 Å². The Morgan fingerprint density at radius 2 is 2.13 bits per heavy atom. The summed E-state index contributed by atoms with van der Waals surface area (Å²) < 4.78 is 28.2. The van der Waals surface area contributed by atoms with Gasteiger partial charge in [0.15, 0.2) is 0 Å². The maximum absolute atomic E-state index is 11.6. The summed E-state index contributed by atoms with van der Waals surface area (Å²) in [6.07, 6.45) is 0. The number of rotatable bonds is 2. The zero-order chi connectivity index (χ0) is 11.1. The molecular weight excluding hydrogens is 216 g/mol. The third-order valence-electron chi connectivity index (χ3n) is 2.31. The van der Waals surface area contributed by atoms with E-state index in [-0.39, 0.29) is 11.5 Å². The average Bonchev–Trinajstić information content (AvgIpc) is 2.50. The topological polar surface area (TPSA) is 63.6 Å². The van der Waals surface area contributed by atoms with Crippen LogP contribution >= 0.6 is 0 Å². The highest BCUT2D eigenvalue weighted by Gasteiger charge is 2.26. The number of aliphatic hydroxyl groups is 1. The maximum atomic E-state index is 11.6. The van der Waals surface area contributed by atoms with Crippen LogP contribution in [-0.2, 0) is 9.84 Å². The minimum atomic E-state index is -3.40. The molecule has 0 fully saturated rings. The first kappa shape index (κ1) is 10.2. The van der Waals surface area contributed by atoms with E-state index in [0.717, 1.165) is 5.41 Å². The van der Waals surface area contributed by atoms with Crippen molar-refractivity contribution in [2.24, 2.45) is 0 Å². The number of fused-ring (bicyclic) bond motifs is 1. The van der Waals surface area contributed by atoms with Crippen LogP contribution in [-0.4, -0.2) is 27.2 Å². The van der Waals surface area contributed by atoms with Crippen molar-refractivity contribution < 1.29 is 18.3 Å². The second kappa shape index (κ2) is 3.36. The van der Waals surface area contributed by atoms with Gasteiger partial charge < -0.3 is 9.84 Å². The summed E-state index contributed by atoms with van der Waals surface area (Å²) in [6, 6.07) is 4.77. The molecule has 1 aromatic rings. The molecule has 1 heterocycles. The van der Waals surface area contributed by atoms with Gasteiger partial charge in [-0.1, -0.05) is 0 Å². The molecule has 0 aromatic heterocycles. The monoisotopic (exact) mass is 226 g/mol. The van der Waals surface area contributed by atoms with Gasteiger partial charge >= 0.3 is 0 Å². The van der Waals surface area contributed by atoms with E-state index >= 15 is 0 Å². The smallest absolute Gasteiger partial charge is 0.200 e. The van der Waals surface area contributed by atoms with Crippen LogP contribution in [0.4, 0.5) is 0 Å². The van der Waals surface area contributed by atoms with Crippen molar-refractivity contribution in [2.75, 3.05) is 13.7 Å². The maximum Gasteiger partial charge on any atom is 0.200 e. The van der Waals surface area contributed by atoms with E-state index in [1.165, 1.54) is 13.2 Å². The Hall–Kier alpha value is -1.33. The Bertz CT molecular complexity index is 528. The predicted octanol–water partition coefficient (Wildman–Crippen LogP) is 0.816. The van der Waals surface area contributed by atoms with Gasteiger partial charge in [-0.2, -0.15) is 0 Å². The standard InChI is InChI=1S/C10H10O4S/c1-14-8-2-3-9-7(5-11)6-15(12,13)10(9)4-8/h2-4,6,11H,5H2,1H3. The molecule has 15 heavy (non-hydrogen) atoms. The van der Waals surface area contributed by atoms with Crippen molar-refractivity contribution in [2.45, 2.75) is 4.90 Å². The van der Waals surface area contributed by atoms with Crippen LogP contribution < -0.4 is 4.74 Å². The van der Waals surface area contributed by atoms with Crippen LogP contribution in [0, 0.1) is 0 Å². The molecule has 1 aliphatic rings. The molecule has 0 amide bonds. The average molecular weight is 226 g/mol. The van der Waals surface area contributed by atoms with Crippen molar-refractivity contribution >= 4 is 15.4 Å². The molecule has 0 spiro atoms. The summed E-state index contributed by atoms with van der Waals surface area (Å²) in [7, 11) is -1.93. The number of aliphatic hydroxyl groups excluding tert-OH is 1. The van der Waals surface area contributed by atoms with Crippen LogP contribution in [0.2, 0.25) is 0 Å². The first-order chi connectivity index (χ1) is 7.08. The van der Waals surface area contributed by atoms with Crippen LogP contribution in [0.1, 0.15) is 5.56 Å². The van der Waals surface area contributed by atoms with E-state index in [1.807, 2.05) is 0 Å². The second-order valence-corrected chi connectivity index (χ2v) is 4.97. The molecule has 0 bridgehead atoms. The summed E-state index contributed by atoms with van der Waals surface area (Å²) in [5, 5.41) is 10.1. The molecule has 0 unspecified atom stereocenters. The van der Waals surface area contributed by atoms with Crippen LogP contribution in [0.3, 0.4) is 0 Å². The molecular formula is C10H10O4S. The van der Waals surface area contributed by atoms with Crippen molar-refractivity contribution in [3.8, 4) is 5.75 Å². The summed E-state index contributed by atoms with van der Waals surface area (Å²) in [4.78, 5) is 0.200. The van der Waals surface area contributed by atoms with Gasteiger partial charge in [-0.15, -0.1) is 0 Å². The third-order valence-corrected chi connectivity index (χ3v) is 3.85. The second-order valence-electron chi connectivity index (χ2n) is 3.21. The molecule has 5 heteroatoms. The van der Waals surface area contributed by atoms with Gasteiger partial charge in [0.2, 0.25) is 9.84 Å². The molecule has 2 rings (SSSR count). The largest absolute Gasteiger partial charge is 0.497 e. The Morgan fingerprint density at radius 1 is 1.40 bits per heavy atom. The van der Waals surface area contributed by atoms with Gasteiger partial charge in [0, 0.05) is 5.41 Å². The van der Waals surface area contributed by atoms with E-state index in [2.05, 4.69) is 0 Å². The first-order valence-corrected chi connectivity index (χ1v) is 5.88. The highest BCUT2D eigenvalue weighted by molar-refractivity contribution is 7.95. The van der Waals surface area contributed by atoms with E-state index in [9.17, 15) is 8.42 Å². The zero-order valence-electron chi connectivity index (χ0n) is 8.10. The molecule has 4 nitrogen and oxygen atoms in total. The third kappa shape index (κ3) is 1.53. The van der Waals surface area contributed by atoms with Crippen molar-refractivity contribution in [1.82, 2.24) is 0 Å². The quantitative estimate of drug-likeness (QED) is 0.810. The molecule has 80 valence electrons. The highest BCUT2D eigenvalue weighted by atomic mass is 32.2. The number of ether oxygens (including phenoxy) is 1. The molecule has 1 aromatic carbocycles. The molecule has 0 radical (unpaired) electrons. The fourth-order valence-corrected chi connectivity index (χ4v) is 3.06. The van der Waals surface area contributed by atoms with E-state index in [0.29, 0.717) is 16.9 Å². The van der Waals surface area contributed by atoms with E-state index in [1.54, 1.807) is 12.1 Å². The summed E-state index contributed by atoms with van der Waals surface area (Å²) in [5.74, 6) is 0.491. The van der Waals surface area contributed by atoms with E-state index in [4.69, 9.17) is 9.84 Å². The first-order valence-electron chi connectivity index (χ1n) is 4.33. The molecule has 0 atom stereocenters. The van der Waals surface area contributed by atoms with E-state index < -0.39 is 9.84 Å². The lowest BCUT2D eigenvalue weighted by Crippen LogP contribution is -1.94. The molecule has 1 N–H and O–H groups in total. The predicted molar refractivity (Wildman–Crippen MR) is 55.2 cm³/mol. The lowest BCUT2D eigenvalue weighted by Gasteiger charge is -2.04. The van der Waals surface area contributed by atoms with Gasteiger partial charge in [0.1, 0.15) is 5.75 Å². The normalized spacial score (nSPS) is 17.1. The summed E-state index contributed by atoms with van der Waals surface area (Å²) >= 11 is 0. The number of benzene rings is 1. The molecule has 0 saturated carbocycles. The molecule has 0 aliphatic carbocycles. The summed E-state index contributed by atoms with van der Waals surface area (Å²) in [5.41, 5.74) is 0.978. The number of hydrogen-bond acceptors (Lipinski definition) is 4. The lowest BCUT2D eigenvalue weighted by atomic mass is 10.1. The van der Waals surface area contributed by atoms with Crippen LogP contribution in [0.5, 0.6) is 5.75 Å². The Morgan fingerprint density at radius 3 is 2.73 bits per heavy atom. The number of hydrogen-bond donors (Lipinski definition) is 1. The van der Waals surface area contributed by atoms with Crippen molar-refractivity contribution in [3.63, 3.8) is 0 Å². The van der Waals surface area contributed by atoms with Gasteiger partial charge in [-0.25, -0.2) is 8.42 Å². The number of sulfone groups is 1. The SMILES string of the molecule is COc1ccc2c(c1)S(=O)(=O)C=C2CO. The fourth-order valence-electron chi connectivity index (χ4n) is 1.57. The van der Waals surface area contributed by atoms with Crippen LogP contribution in [0.15, 0.2) is 28.5 Å². The Balaban J connectivity index is 2.67. The Kier molecular flexibility index (Phi) is 2.28. The van der Waals surface area contributed by atoms with Gasteiger partial charge in [0.25, 0.3) is 0 Å². The minimum absolute atomic E-state index is 0.200. The van der Waals surface area contributed by atoms with Gasteiger partial charge in [-0.3, -0.25) is 0 Å². The lowest BCUT2D eigenvalue weighted by molar-refractivity contribution is 0.350. The zero-order valence-corrected chi connectivity index (χ0v) is 8.91. The minimum Gasteiger partial charge on any atom is -0.497 e. The molecule has 1 aliphatic heterocycles.